The van der Waals surface area contributed by atoms with Gasteiger partial charge in [-0.05, 0) is 67.4 Å². The molecule has 1 atom stereocenters. The van der Waals surface area contributed by atoms with E-state index in [4.69, 9.17) is 4.42 Å². The van der Waals surface area contributed by atoms with E-state index in [9.17, 15) is 14.7 Å². The van der Waals surface area contributed by atoms with Crippen LogP contribution in [0, 0.1) is 13.8 Å². The van der Waals surface area contributed by atoms with Crippen LogP contribution >= 0.6 is 15.9 Å². The van der Waals surface area contributed by atoms with Crippen molar-refractivity contribution in [2.75, 3.05) is 4.90 Å². The van der Waals surface area contributed by atoms with Gasteiger partial charge in [0.15, 0.2) is 11.5 Å². The smallest absolute Gasteiger partial charge is 0.294 e. The molecule has 0 saturated heterocycles. The Kier molecular flexibility index (Phi) is 5.13. The Morgan fingerprint density at radius 2 is 1.91 bits per heavy atom. The third-order valence-corrected chi connectivity index (χ3v) is 6.24. The molecule has 4 aromatic rings. The first-order chi connectivity index (χ1) is 15.8. The first-order valence-corrected chi connectivity index (χ1v) is 11.1. The van der Waals surface area contributed by atoms with Gasteiger partial charge in [0.2, 0.25) is 5.78 Å². The number of aliphatic hydroxyl groups excluding tert-OH is 1. The number of rotatable bonds is 4. The number of benzene rings is 2. The van der Waals surface area contributed by atoms with E-state index in [-0.39, 0.29) is 11.3 Å². The Hall–Kier alpha value is -3.71. The summed E-state index contributed by atoms with van der Waals surface area (Å²) in [5, 5.41) is 11.7. The number of carbonyl (C=O) groups is 2. The second-order valence-electron chi connectivity index (χ2n) is 8.01. The molecule has 0 spiro atoms. The van der Waals surface area contributed by atoms with Crippen LogP contribution in [0.5, 0.6) is 0 Å². The molecular formula is C26H19BrN2O4. The number of hydrogen-bond donors (Lipinski definition) is 1. The van der Waals surface area contributed by atoms with E-state index in [1.807, 2.05) is 44.2 Å². The fourth-order valence-corrected chi connectivity index (χ4v) is 4.52. The summed E-state index contributed by atoms with van der Waals surface area (Å²) in [5.41, 5.74) is 3.34. The molecule has 0 radical (unpaired) electrons. The van der Waals surface area contributed by atoms with Crippen LogP contribution in [0.2, 0.25) is 0 Å². The fourth-order valence-electron chi connectivity index (χ4n) is 4.14. The first-order valence-electron chi connectivity index (χ1n) is 10.3. The van der Waals surface area contributed by atoms with E-state index in [0.717, 1.165) is 21.0 Å². The van der Waals surface area contributed by atoms with Gasteiger partial charge in [-0.2, -0.15) is 0 Å². The number of carbonyl (C=O) groups excluding carboxylic acids is 2. The van der Waals surface area contributed by atoms with E-state index in [0.29, 0.717) is 17.0 Å². The Morgan fingerprint density at radius 3 is 2.67 bits per heavy atom. The number of hydrogen-bond acceptors (Lipinski definition) is 5. The predicted molar refractivity (Wildman–Crippen MR) is 128 cm³/mol. The third kappa shape index (κ3) is 3.54. The van der Waals surface area contributed by atoms with Gasteiger partial charge in [0.25, 0.3) is 5.91 Å². The zero-order chi connectivity index (χ0) is 23.3. The zero-order valence-electron chi connectivity index (χ0n) is 17.9. The van der Waals surface area contributed by atoms with Crippen LogP contribution in [-0.4, -0.2) is 21.8 Å². The summed E-state index contributed by atoms with van der Waals surface area (Å²) in [6.45, 7) is 3.80. The van der Waals surface area contributed by atoms with Crippen LogP contribution in [0.3, 0.4) is 0 Å². The Morgan fingerprint density at radius 1 is 1.09 bits per heavy atom. The van der Waals surface area contributed by atoms with Crippen molar-refractivity contribution < 1.29 is 19.1 Å². The summed E-state index contributed by atoms with van der Waals surface area (Å²) in [6, 6.07) is 17.1. The molecule has 5 rings (SSSR count). The van der Waals surface area contributed by atoms with Gasteiger partial charge < -0.3 is 9.52 Å². The minimum absolute atomic E-state index is 0.0428. The van der Waals surface area contributed by atoms with Crippen molar-refractivity contribution in [1.82, 2.24) is 4.98 Å². The number of amides is 1. The molecule has 33 heavy (non-hydrogen) atoms. The van der Waals surface area contributed by atoms with E-state index in [1.165, 1.54) is 4.90 Å². The molecule has 1 amide bonds. The van der Waals surface area contributed by atoms with Gasteiger partial charge in [0.05, 0.1) is 11.3 Å². The van der Waals surface area contributed by atoms with Crippen LogP contribution in [0.4, 0.5) is 5.69 Å². The molecule has 6 nitrogen and oxygen atoms in total. The highest BCUT2D eigenvalue weighted by molar-refractivity contribution is 9.10. The van der Waals surface area contributed by atoms with Crippen molar-refractivity contribution in [3.05, 3.63) is 105 Å². The normalized spacial score (nSPS) is 16.2. The number of aryl methyl sites for hydroxylation is 2. The van der Waals surface area contributed by atoms with Crippen molar-refractivity contribution in [1.29, 1.82) is 0 Å². The lowest BCUT2D eigenvalue weighted by Crippen LogP contribution is -2.32. The van der Waals surface area contributed by atoms with Crippen LogP contribution < -0.4 is 4.90 Å². The molecule has 0 saturated carbocycles. The van der Waals surface area contributed by atoms with Crippen molar-refractivity contribution in [2.45, 2.75) is 19.9 Å². The Labute approximate surface area is 198 Å². The maximum atomic E-state index is 13.6. The monoisotopic (exact) mass is 502 g/mol. The van der Waals surface area contributed by atoms with Crippen molar-refractivity contribution >= 4 is 44.3 Å². The minimum Gasteiger partial charge on any atom is -0.503 e. The molecule has 0 fully saturated rings. The third-order valence-electron chi connectivity index (χ3n) is 5.75. The number of pyridine rings is 1. The molecule has 7 heteroatoms. The lowest BCUT2D eigenvalue weighted by molar-refractivity contribution is -0.117. The number of halogens is 1. The predicted octanol–water partition coefficient (Wildman–Crippen LogP) is 5.99. The molecule has 1 aliphatic heterocycles. The van der Waals surface area contributed by atoms with Gasteiger partial charge in [-0.1, -0.05) is 34.1 Å². The second kappa shape index (κ2) is 8.01. The molecule has 2 aromatic heterocycles. The lowest BCUT2D eigenvalue weighted by atomic mass is 9.97. The number of ketones is 1. The van der Waals surface area contributed by atoms with Crippen molar-refractivity contribution in [3.63, 3.8) is 0 Å². The number of nitrogens with zero attached hydrogens (tertiary/aromatic N) is 2. The van der Waals surface area contributed by atoms with Crippen molar-refractivity contribution in [3.8, 4) is 0 Å². The minimum atomic E-state index is -0.897. The standard InChI is InChI=1S/C26H19BrN2O4/c1-14-6-7-15(2)19(11-14)29-23(18-5-3-4-10-28-18)22(25(31)26(29)32)24(30)21-13-16-12-17(27)8-9-20(16)33-21/h3-13,23,31H,1-2H3. The number of fused-ring (bicyclic) bond motifs is 1. The molecule has 2 aromatic carbocycles. The molecule has 0 aliphatic carbocycles. The molecule has 1 aliphatic rings. The Bertz CT molecular complexity index is 1460. The Balaban J connectivity index is 1.68. The number of aliphatic hydroxyl groups is 1. The maximum Gasteiger partial charge on any atom is 0.294 e. The number of aromatic nitrogens is 1. The maximum absolute atomic E-state index is 13.6. The molecule has 164 valence electrons. The average Bonchev–Trinajstić information content (AvgIpc) is 3.34. The lowest BCUT2D eigenvalue weighted by Gasteiger charge is -2.27. The average molecular weight is 503 g/mol. The van der Waals surface area contributed by atoms with Crippen LogP contribution in [0.1, 0.15) is 33.4 Å². The van der Waals surface area contributed by atoms with Crippen LogP contribution in [0.15, 0.2) is 87.1 Å². The fraction of sp³-hybridized carbons (Fsp3) is 0.115. The van der Waals surface area contributed by atoms with Gasteiger partial charge in [-0.3, -0.25) is 19.5 Å². The molecule has 0 bridgehead atoms. The molecule has 3 heterocycles. The van der Waals surface area contributed by atoms with Crippen molar-refractivity contribution in [2.24, 2.45) is 0 Å². The highest BCUT2D eigenvalue weighted by atomic mass is 79.9. The summed E-state index contributed by atoms with van der Waals surface area (Å²) in [5.74, 6) is -1.77. The van der Waals surface area contributed by atoms with E-state index in [2.05, 4.69) is 20.9 Å². The number of Topliss-reactive ketones (excluding diaryl/α,β-unsaturated/α-hetero) is 1. The largest absolute Gasteiger partial charge is 0.503 e. The zero-order valence-corrected chi connectivity index (χ0v) is 19.5. The van der Waals surface area contributed by atoms with Crippen LogP contribution in [0.25, 0.3) is 11.0 Å². The van der Waals surface area contributed by atoms with Crippen LogP contribution in [-0.2, 0) is 4.79 Å². The first kappa shape index (κ1) is 21.2. The molecule has 1 N–H and O–H groups in total. The quantitative estimate of drug-likeness (QED) is 0.346. The SMILES string of the molecule is Cc1ccc(C)c(N2C(=O)C(O)=C(C(=O)c3cc4cc(Br)ccc4o3)C2c2ccccn2)c1. The van der Waals surface area contributed by atoms with Gasteiger partial charge in [0, 0.05) is 21.7 Å². The van der Waals surface area contributed by atoms with Gasteiger partial charge >= 0.3 is 0 Å². The number of furan rings is 1. The summed E-state index contributed by atoms with van der Waals surface area (Å²) in [4.78, 5) is 32.8. The summed E-state index contributed by atoms with van der Waals surface area (Å²) in [6.07, 6.45) is 1.59. The second-order valence-corrected chi connectivity index (χ2v) is 8.92. The topological polar surface area (TPSA) is 83.6 Å². The molecule has 1 unspecified atom stereocenters. The van der Waals surface area contributed by atoms with E-state index in [1.54, 1.807) is 36.5 Å². The summed E-state index contributed by atoms with van der Waals surface area (Å²) >= 11 is 3.41. The van der Waals surface area contributed by atoms with E-state index >= 15 is 0 Å². The van der Waals surface area contributed by atoms with Gasteiger partial charge in [-0.25, -0.2) is 0 Å². The highest BCUT2D eigenvalue weighted by Crippen LogP contribution is 2.43. The summed E-state index contributed by atoms with van der Waals surface area (Å²) < 4.78 is 6.63. The van der Waals surface area contributed by atoms with E-state index < -0.39 is 23.5 Å². The van der Waals surface area contributed by atoms with Gasteiger partial charge in [-0.15, -0.1) is 0 Å². The highest BCUT2D eigenvalue weighted by Gasteiger charge is 2.46. The summed E-state index contributed by atoms with van der Waals surface area (Å²) in [7, 11) is 0. The number of anilines is 1. The molecular weight excluding hydrogens is 484 g/mol. The van der Waals surface area contributed by atoms with Gasteiger partial charge in [0.1, 0.15) is 11.6 Å².